The molecule has 0 saturated carbocycles. The van der Waals surface area contributed by atoms with Gasteiger partial charge in [-0.05, 0) is 38.1 Å². The molecule has 5 nitrogen and oxygen atoms in total. The summed E-state index contributed by atoms with van der Waals surface area (Å²) in [7, 11) is 2.00. The van der Waals surface area contributed by atoms with Crippen LogP contribution in [0.15, 0.2) is 12.1 Å². The second-order valence-electron chi connectivity index (χ2n) is 4.69. The summed E-state index contributed by atoms with van der Waals surface area (Å²) in [6.45, 7) is 4.37. The van der Waals surface area contributed by atoms with Crippen LogP contribution in [0.3, 0.4) is 0 Å². The maximum Gasteiger partial charge on any atom is 0.165 e. The molecule has 2 rings (SSSR count). The molecular weight excluding hydrogens is 226 g/mol. The van der Waals surface area contributed by atoms with Crippen molar-refractivity contribution in [2.75, 3.05) is 43.9 Å². The van der Waals surface area contributed by atoms with Gasteiger partial charge in [-0.3, -0.25) is 0 Å². The van der Waals surface area contributed by atoms with E-state index < -0.39 is 0 Å². The molecule has 0 aromatic carbocycles. The molecule has 18 heavy (non-hydrogen) atoms. The number of nitriles is 1. The van der Waals surface area contributed by atoms with E-state index in [1.54, 1.807) is 6.07 Å². The van der Waals surface area contributed by atoms with Gasteiger partial charge in [0.2, 0.25) is 0 Å². The Morgan fingerprint density at radius 2 is 2.17 bits per heavy atom. The van der Waals surface area contributed by atoms with Crippen molar-refractivity contribution in [3.05, 3.63) is 17.8 Å². The summed E-state index contributed by atoms with van der Waals surface area (Å²) in [6.07, 6.45) is 2.62. The Hall–Kier alpha value is -1.80. The molecule has 0 radical (unpaired) electrons. The Morgan fingerprint density at radius 1 is 1.44 bits per heavy atom. The van der Waals surface area contributed by atoms with Crippen molar-refractivity contribution in [2.24, 2.45) is 0 Å². The van der Waals surface area contributed by atoms with Crippen LogP contribution in [0.25, 0.3) is 0 Å². The third kappa shape index (κ3) is 2.90. The third-order valence-corrected chi connectivity index (χ3v) is 3.36. The molecule has 1 saturated heterocycles. The number of anilines is 2. The average molecular weight is 245 g/mol. The quantitative estimate of drug-likeness (QED) is 0.859. The van der Waals surface area contributed by atoms with Gasteiger partial charge < -0.3 is 15.5 Å². The van der Waals surface area contributed by atoms with Crippen LogP contribution in [0, 0.1) is 11.3 Å². The molecule has 0 amide bonds. The van der Waals surface area contributed by atoms with E-state index in [0.717, 1.165) is 18.9 Å². The third-order valence-electron chi connectivity index (χ3n) is 3.36. The maximum atomic E-state index is 8.91. The van der Waals surface area contributed by atoms with Crippen LogP contribution < -0.4 is 10.6 Å². The van der Waals surface area contributed by atoms with Gasteiger partial charge in [0.1, 0.15) is 11.9 Å². The molecular formula is C13H19N5. The lowest BCUT2D eigenvalue weighted by Crippen LogP contribution is -2.31. The molecule has 0 spiro atoms. The lowest BCUT2D eigenvalue weighted by molar-refractivity contribution is 0.346. The molecule has 0 bridgehead atoms. The van der Waals surface area contributed by atoms with Crippen LogP contribution in [0.4, 0.5) is 11.5 Å². The molecule has 96 valence electrons. The maximum absolute atomic E-state index is 8.91. The van der Waals surface area contributed by atoms with E-state index >= 15 is 0 Å². The topological polar surface area (TPSA) is 69.2 Å². The Bertz CT molecular complexity index is 445. The number of rotatable bonds is 4. The number of pyridine rings is 1. The van der Waals surface area contributed by atoms with Crippen molar-refractivity contribution in [3.8, 4) is 6.07 Å². The Kier molecular flexibility index (Phi) is 4.00. The lowest BCUT2D eigenvalue weighted by Gasteiger charge is -2.22. The van der Waals surface area contributed by atoms with E-state index in [-0.39, 0.29) is 0 Å². The molecule has 2 N–H and O–H groups in total. The summed E-state index contributed by atoms with van der Waals surface area (Å²) in [4.78, 5) is 8.78. The Morgan fingerprint density at radius 3 is 2.83 bits per heavy atom. The van der Waals surface area contributed by atoms with Crippen molar-refractivity contribution in [3.63, 3.8) is 0 Å². The number of hydrogen-bond acceptors (Lipinski definition) is 5. The highest BCUT2D eigenvalue weighted by Crippen LogP contribution is 2.15. The van der Waals surface area contributed by atoms with E-state index in [1.165, 1.54) is 25.9 Å². The summed E-state index contributed by atoms with van der Waals surface area (Å²) in [5.74, 6) is 0.806. The fourth-order valence-electron chi connectivity index (χ4n) is 2.17. The van der Waals surface area contributed by atoms with E-state index in [2.05, 4.69) is 14.8 Å². The summed E-state index contributed by atoms with van der Waals surface area (Å²) in [5.41, 5.74) is 6.41. The lowest BCUT2D eigenvalue weighted by atomic mass is 10.3. The van der Waals surface area contributed by atoms with Gasteiger partial charge in [-0.1, -0.05) is 0 Å². The monoisotopic (exact) mass is 245 g/mol. The van der Waals surface area contributed by atoms with Gasteiger partial charge in [0.05, 0.1) is 5.69 Å². The largest absolute Gasteiger partial charge is 0.396 e. The van der Waals surface area contributed by atoms with Gasteiger partial charge in [-0.2, -0.15) is 5.26 Å². The summed E-state index contributed by atoms with van der Waals surface area (Å²) < 4.78 is 0. The van der Waals surface area contributed by atoms with Crippen LogP contribution >= 0.6 is 0 Å². The number of likely N-dealkylation sites (N-methyl/N-ethyl adjacent to an activating group) is 1. The SMILES string of the molecule is CN(CCN1CCCC1)c1ccc(N)c(C#N)n1. The molecule has 5 heteroatoms. The predicted molar refractivity (Wildman–Crippen MR) is 72.3 cm³/mol. The first-order valence-corrected chi connectivity index (χ1v) is 6.31. The zero-order valence-corrected chi connectivity index (χ0v) is 10.8. The number of nitrogens with two attached hydrogens (primary N) is 1. The van der Waals surface area contributed by atoms with Gasteiger partial charge in [-0.15, -0.1) is 0 Å². The number of likely N-dealkylation sites (tertiary alicyclic amines) is 1. The number of nitrogen functional groups attached to an aromatic ring is 1. The number of aromatic nitrogens is 1. The normalized spacial score (nSPS) is 15.6. The smallest absolute Gasteiger partial charge is 0.165 e. The standard InChI is InChI=1S/C13H19N5/c1-17(8-9-18-6-2-3-7-18)13-5-4-11(15)12(10-14)16-13/h4-5H,2-3,6-9,15H2,1H3. The van der Waals surface area contributed by atoms with E-state index in [4.69, 9.17) is 11.0 Å². The van der Waals surface area contributed by atoms with Crippen LogP contribution in [0.1, 0.15) is 18.5 Å². The van der Waals surface area contributed by atoms with Crippen molar-refractivity contribution in [1.82, 2.24) is 9.88 Å². The Labute approximate surface area is 108 Å². The minimum atomic E-state index is 0.306. The highest BCUT2D eigenvalue weighted by Gasteiger charge is 2.12. The van der Waals surface area contributed by atoms with Gasteiger partial charge in [0, 0.05) is 20.1 Å². The second kappa shape index (κ2) is 5.69. The van der Waals surface area contributed by atoms with E-state index in [0.29, 0.717) is 11.4 Å². The number of hydrogen-bond donors (Lipinski definition) is 1. The summed E-state index contributed by atoms with van der Waals surface area (Å²) in [5, 5.41) is 8.91. The molecule has 1 fully saturated rings. The van der Waals surface area contributed by atoms with Crippen LogP contribution in [-0.4, -0.2) is 43.1 Å². The predicted octanol–water partition coefficient (Wildman–Crippen LogP) is 1.07. The van der Waals surface area contributed by atoms with Crippen molar-refractivity contribution in [2.45, 2.75) is 12.8 Å². The molecule has 1 aromatic rings. The van der Waals surface area contributed by atoms with E-state index in [9.17, 15) is 0 Å². The Balaban J connectivity index is 1.95. The van der Waals surface area contributed by atoms with Gasteiger partial charge in [0.25, 0.3) is 0 Å². The van der Waals surface area contributed by atoms with Crippen molar-refractivity contribution < 1.29 is 0 Å². The fraction of sp³-hybridized carbons (Fsp3) is 0.538. The van der Waals surface area contributed by atoms with Crippen molar-refractivity contribution >= 4 is 11.5 Å². The van der Waals surface area contributed by atoms with Gasteiger partial charge in [0.15, 0.2) is 5.69 Å². The molecule has 0 aliphatic carbocycles. The molecule has 1 aromatic heterocycles. The average Bonchev–Trinajstić information content (AvgIpc) is 2.89. The first kappa shape index (κ1) is 12.7. The van der Waals surface area contributed by atoms with Gasteiger partial charge >= 0.3 is 0 Å². The first-order chi connectivity index (χ1) is 8.70. The van der Waals surface area contributed by atoms with E-state index in [1.807, 2.05) is 19.2 Å². The zero-order valence-electron chi connectivity index (χ0n) is 10.8. The van der Waals surface area contributed by atoms with Crippen LogP contribution in [0.5, 0.6) is 0 Å². The van der Waals surface area contributed by atoms with Crippen LogP contribution in [-0.2, 0) is 0 Å². The van der Waals surface area contributed by atoms with Crippen LogP contribution in [0.2, 0.25) is 0 Å². The minimum absolute atomic E-state index is 0.306. The highest BCUT2D eigenvalue weighted by atomic mass is 15.2. The summed E-state index contributed by atoms with van der Waals surface area (Å²) in [6, 6.07) is 5.62. The molecule has 1 aliphatic heterocycles. The molecule has 0 unspecified atom stereocenters. The molecule has 0 atom stereocenters. The highest BCUT2D eigenvalue weighted by molar-refractivity contribution is 5.55. The first-order valence-electron chi connectivity index (χ1n) is 6.31. The zero-order chi connectivity index (χ0) is 13.0. The van der Waals surface area contributed by atoms with Crippen molar-refractivity contribution in [1.29, 1.82) is 5.26 Å². The molecule has 2 heterocycles. The number of nitrogens with zero attached hydrogens (tertiary/aromatic N) is 4. The summed E-state index contributed by atoms with van der Waals surface area (Å²) >= 11 is 0. The second-order valence-corrected chi connectivity index (χ2v) is 4.69. The minimum Gasteiger partial charge on any atom is -0.396 e. The molecule has 1 aliphatic rings. The van der Waals surface area contributed by atoms with Gasteiger partial charge in [-0.25, -0.2) is 4.98 Å². The fourth-order valence-corrected chi connectivity index (χ4v) is 2.17.